The number of aliphatic carboxylic acids is 1. The van der Waals surface area contributed by atoms with Crippen molar-refractivity contribution in [1.29, 1.82) is 0 Å². The van der Waals surface area contributed by atoms with Gasteiger partial charge in [-0.25, -0.2) is 4.79 Å². The van der Waals surface area contributed by atoms with E-state index in [1.165, 1.54) is 11.0 Å². The van der Waals surface area contributed by atoms with E-state index in [1.54, 1.807) is 18.2 Å². The van der Waals surface area contributed by atoms with Crippen LogP contribution in [-0.4, -0.2) is 22.8 Å². The van der Waals surface area contributed by atoms with Crippen LogP contribution in [0.25, 0.3) is 16.8 Å². The first kappa shape index (κ1) is 16.7. The maximum absolute atomic E-state index is 12.6. The van der Waals surface area contributed by atoms with Crippen LogP contribution in [0.15, 0.2) is 66.7 Å². The highest BCUT2D eigenvalue weighted by Crippen LogP contribution is 2.35. The molecular weight excluding hydrogens is 342 g/mol. The first-order valence-corrected chi connectivity index (χ1v) is 8.42. The number of hydrogen-bond acceptors (Lipinski definition) is 3. The topological polar surface area (TPSA) is 74.7 Å². The molecule has 1 heterocycles. The first-order chi connectivity index (χ1) is 13.0. The molecule has 0 saturated heterocycles. The van der Waals surface area contributed by atoms with Crippen molar-refractivity contribution in [2.75, 3.05) is 4.90 Å². The first-order valence-electron chi connectivity index (χ1n) is 8.42. The smallest absolute Gasteiger partial charge is 0.328 e. The zero-order valence-corrected chi connectivity index (χ0v) is 14.3. The SMILES string of the molecule is O=C(O)/C=C/c1cccc2c1N(Cc1ccc3ccccc3c1)C(=O)C2=O. The number of anilines is 1. The lowest BCUT2D eigenvalue weighted by atomic mass is 10.0. The summed E-state index contributed by atoms with van der Waals surface area (Å²) in [5.74, 6) is -2.27. The standard InChI is InChI=1S/C22H15NO4/c24-19(25)11-10-16-6-3-7-18-20(16)23(22(27)21(18)26)13-14-8-9-15-4-1-2-5-17(15)12-14/h1-12H,13H2,(H,24,25)/b11-10+. The number of carbonyl (C=O) groups excluding carboxylic acids is 2. The lowest BCUT2D eigenvalue weighted by Crippen LogP contribution is -2.29. The van der Waals surface area contributed by atoms with E-state index in [4.69, 9.17) is 5.11 Å². The Kier molecular flexibility index (Phi) is 4.05. The van der Waals surface area contributed by atoms with Gasteiger partial charge in [0.15, 0.2) is 0 Å². The van der Waals surface area contributed by atoms with Crippen LogP contribution in [0.5, 0.6) is 0 Å². The van der Waals surface area contributed by atoms with E-state index in [1.807, 2.05) is 42.5 Å². The van der Waals surface area contributed by atoms with Crippen molar-refractivity contribution in [1.82, 2.24) is 0 Å². The largest absolute Gasteiger partial charge is 0.478 e. The molecule has 0 aromatic heterocycles. The van der Waals surface area contributed by atoms with Gasteiger partial charge in [-0.15, -0.1) is 0 Å². The van der Waals surface area contributed by atoms with Gasteiger partial charge in [0.25, 0.3) is 11.7 Å². The quantitative estimate of drug-likeness (QED) is 0.571. The van der Waals surface area contributed by atoms with Crippen molar-refractivity contribution in [3.8, 4) is 0 Å². The van der Waals surface area contributed by atoms with Gasteiger partial charge in [-0.3, -0.25) is 14.5 Å². The number of hydrogen-bond donors (Lipinski definition) is 1. The number of nitrogens with zero attached hydrogens (tertiary/aromatic N) is 1. The van der Waals surface area contributed by atoms with Gasteiger partial charge in [-0.2, -0.15) is 0 Å². The Morgan fingerprint density at radius 1 is 0.963 bits per heavy atom. The second kappa shape index (κ2) is 6.53. The highest BCUT2D eigenvalue weighted by molar-refractivity contribution is 6.52. The van der Waals surface area contributed by atoms with Crippen LogP contribution in [0.1, 0.15) is 21.5 Å². The predicted octanol–water partition coefficient (Wildman–Crippen LogP) is 3.67. The zero-order valence-electron chi connectivity index (χ0n) is 14.3. The fourth-order valence-electron chi connectivity index (χ4n) is 3.35. The van der Waals surface area contributed by atoms with Gasteiger partial charge >= 0.3 is 5.97 Å². The van der Waals surface area contributed by atoms with Crippen molar-refractivity contribution >= 4 is 40.2 Å². The van der Waals surface area contributed by atoms with E-state index >= 15 is 0 Å². The Labute approximate surface area is 155 Å². The summed E-state index contributed by atoms with van der Waals surface area (Å²) >= 11 is 0. The molecule has 0 fully saturated rings. The van der Waals surface area contributed by atoms with Gasteiger partial charge in [-0.05, 0) is 40.1 Å². The van der Waals surface area contributed by atoms with Crippen molar-refractivity contribution in [3.63, 3.8) is 0 Å². The van der Waals surface area contributed by atoms with Crippen LogP contribution >= 0.6 is 0 Å². The summed E-state index contributed by atoms with van der Waals surface area (Å²) in [5.41, 5.74) is 2.17. The van der Waals surface area contributed by atoms with Crippen molar-refractivity contribution in [2.24, 2.45) is 0 Å². The Balaban J connectivity index is 1.76. The number of amides is 1. The minimum Gasteiger partial charge on any atom is -0.478 e. The van der Waals surface area contributed by atoms with E-state index in [0.29, 0.717) is 16.8 Å². The third-order valence-corrected chi connectivity index (χ3v) is 4.58. The molecule has 1 amide bonds. The average Bonchev–Trinajstić information content (AvgIpc) is 2.92. The van der Waals surface area contributed by atoms with Crippen LogP contribution in [-0.2, 0) is 16.1 Å². The summed E-state index contributed by atoms with van der Waals surface area (Å²) in [6.07, 6.45) is 2.40. The highest BCUT2D eigenvalue weighted by Gasteiger charge is 2.37. The molecule has 3 aromatic rings. The monoisotopic (exact) mass is 357 g/mol. The second-order valence-electron chi connectivity index (χ2n) is 6.32. The van der Waals surface area contributed by atoms with E-state index in [-0.39, 0.29) is 6.54 Å². The van der Waals surface area contributed by atoms with Gasteiger partial charge in [0, 0.05) is 6.08 Å². The van der Waals surface area contributed by atoms with Gasteiger partial charge < -0.3 is 5.11 Å². The zero-order chi connectivity index (χ0) is 19.0. The van der Waals surface area contributed by atoms with Gasteiger partial charge in [0.05, 0.1) is 17.8 Å². The normalized spacial score (nSPS) is 13.6. The van der Waals surface area contributed by atoms with Gasteiger partial charge in [0.1, 0.15) is 0 Å². The van der Waals surface area contributed by atoms with Crippen molar-refractivity contribution in [2.45, 2.75) is 6.54 Å². The summed E-state index contributed by atoms with van der Waals surface area (Å²) in [4.78, 5) is 37.2. The Hall–Kier alpha value is -3.73. The summed E-state index contributed by atoms with van der Waals surface area (Å²) in [7, 11) is 0. The van der Waals surface area contributed by atoms with Crippen molar-refractivity contribution < 1.29 is 19.5 Å². The molecule has 0 atom stereocenters. The Morgan fingerprint density at radius 2 is 1.74 bits per heavy atom. The second-order valence-corrected chi connectivity index (χ2v) is 6.32. The molecular formula is C22H15NO4. The predicted molar refractivity (Wildman–Crippen MR) is 103 cm³/mol. The minimum absolute atomic E-state index is 0.236. The van der Waals surface area contributed by atoms with E-state index in [0.717, 1.165) is 22.4 Å². The van der Waals surface area contributed by atoms with Gasteiger partial charge in [0.2, 0.25) is 0 Å². The van der Waals surface area contributed by atoms with E-state index in [2.05, 4.69) is 0 Å². The molecule has 0 unspecified atom stereocenters. The molecule has 0 bridgehead atoms. The molecule has 5 nitrogen and oxygen atoms in total. The highest BCUT2D eigenvalue weighted by atomic mass is 16.4. The van der Waals surface area contributed by atoms with Crippen LogP contribution in [0.3, 0.4) is 0 Å². The number of para-hydroxylation sites is 1. The number of Topliss-reactive ketones (excluding diaryl/α,β-unsaturated/α-hetero) is 1. The molecule has 27 heavy (non-hydrogen) atoms. The number of carbonyl (C=O) groups is 3. The van der Waals surface area contributed by atoms with E-state index < -0.39 is 17.7 Å². The number of ketones is 1. The third-order valence-electron chi connectivity index (χ3n) is 4.58. The van der Waals surface area contributed by atoms with Crippen LogP contribution in [0.4, 0.5) is 5.69 Å². The van der Waals surface area contributed by atoms with Crippen molar-refractivity contribution in [3.05, 3.63) is 83.4 Å². The fraction of sp³-hybridized carbons (Fsp3) is 0.0455. The number of rotatable bonds is 4. The lowest BCUT2D eigenvalue weighted by molar-refractivity contribution is -0.131. The number of carboxylic acids is 1. The molecule has 1 N–H and O–H groups in total. The minimum atomic E-state index is -1.09. The Bertz CT molecular complexity index is 1130. The molecule has 0 aliphatic carbocycles. The number of carboxylic acid groups (broad SMARTS) is 1. The van der Waals surface area contributed by atoms with Crippen LogP contribution in [0, 0.1) is 0 Å². The summed E-state index contributed by atoms with van der Waals surface area (Å²) in [6, 6.07) is 18.7. The number of benzene rings is 3. The fourth-order valence-corrected chi connectivity index (χ4v) is 3.35. The maximum Gasteiger partial charge on any atom is 0.328 e. The summed E-state index contributed by atoms with van der Waals surface area (Å²) < 4.78 is 0. The molecule has 0 saturated carbocycles. The van der Waals surface area contributed by atoms with Gasteiger partial charge in [-0.1, -0.05) is 48.5 Å². The molecule has 0 radical (unpaired) electrons. The van der Waals surface area contributed by atoms with Crippen LogP contribution in [0.2, 0.25) is 0 Å². The molecule has 0 spiro atoms. The van der Waals surface area contributed by atoms with E-state index in [9.17, 15) is 14.4 Å². The Morgan fingerprint density at radius 3 is 2.52 bits per heavy atom. The molecule has 132 valence electrons. The molecule has 5 heteroatoms. The molecule has 3 aromatic carbocycles. The molecule has 1 aliphatic rings. The summed E-state index contributed by atoms with van der Waals surface area (Å²) in [5, 5.41) is 11.0. The number of fused-ring (bicyclic) bond motifs is 2. The van der Waals surface area contributed by atoms with Crippen LogP contribution < -0.4 is 4.90 Å². The maximum atomic E-state index is 12.6. The average molecular weight is 357 g/mol. The molecule has 1 aliphatic heterocycles. The lowest BCUT2D eigenvalue weighted by Gasteiger charge is -2.19. The molecule has 4 rings (SSSR count). The summed E-state index contributed by atoms with van der Waals surface area (Å²) in [6.45, 7) is 0.236. The third kappa shape index (κ3) is 3.00.